The number of aliphatic carboxylic acids is 3. The number of nitrogens with two attached hydrogens (primary N) is 1. The maximum absolute atomic E-state index is 10.7. The number of aromatic amines is 1. The fourth-order valence-electron chi connectivity index (χ4n) is 2.33. The van der Waals surface area contributed by atoms with E-state index in [1.165, 1.54) is 0 Å². The molecule has 0 amide bonds. The maximum Gasteiger partial charge on any atom is 1.00 e. The second-order valence-corrected chi connectivity index (χ2v) is 5.50. The van der Waals surface area contributed by atoms with Gasteiger partial charge in [0.25, 0.3) is 0 Å². The third-order valence-corrected chi connectivity index (χ3v) is 3.51. The first kappa shape index (κ1) is 29.1. The van der Waals surface area contributed by atoms with E-state index in [1.807, 2.05) is 18.2 Å². The molecule has 0 spiro atoms. The Kier molecular flexibility index (Phi) is 16.4. The molecule has 10 heteroatoms. The Morgan fingerprint density at radius 3 is 1.93 bits per heavy atom. The van der Waals surface area contributed by atoms with Crippen molar-refractivity contribution in [3.05, 3.63) is 58.9 Å². The van der Waals surface area contributed by atoms with Gasteiger partial charge < -0.3 is 26.0 Å². The molecule has 0 atom stereocenters. The van der Waals surface area contributed by atoms with E-state index in [4.69, 9.17) is 21.1 Å². The molecule has 1 heterocycles. The third-order valence-electron chi connectivity index (χ3n) is 3.51. The molecule has 1 aromatic carbocycles. The Bertz CT molecular complexity index is 750. The van der Waals surface area contributed by atoms with Crippen LogP contribution in [-0.4, -0.2) is 38.2 Å². The Balaban J connectivity index is 0. The van der Waals surface area contributed by atoms with Gasteiger partial charge in [0, 0.05) is 24.9 Å². The zero-order valence-electron chi connectivity index (χ0n) is 16.1. The van der Waals surface area contributed by atoms with Gasteiger partial charge in [-0.05, 0) is 23.1 Å². The number of carboxylic acid groups (broad SMARTS) is 3. The molecule has 28 heavy (non-hydrogen) atoms. The average molecular weight is 408 g/mol. The van der Waals surface area contributed by atoms with Gasteiger partial charge in [-0.1, -0.05) is 30.3 Å². The van der Waals surface area contributed by atoms with E-state index in [1.54, 1.807) is 18.3 Å². The van der Waals surface area contributed by atoms with Crippen molar-refractivity contribution in [3.63, 3.8) is 0 Å². The van der Waals surface area contributed by atoms with Crippen LogP contribution in [0.1, 0.15) is 28.8 Å². The maximum atomic E-state index is 10.7. The van der Waals surface area contributed by atoms with Gasteiger partial charge in [0.2, 0.25) is 0 Å². The first-order chi connectivity index (χ1) is 12.3. The van der Waals surface area contributed by atoms with Crippen LogP contribution < -0.4 is 64.8 Å². The van der Waals surface area contributed by atoms with Gasteiger partial charge in [-0.2, -0.15) is 0 Å². The van der Waals surface area contributed by atoms with Crippen LogP contribution in [0.25, 0.3) is 0 Å². The minimum Gasteiger partial charge on any atom is -0.481 e. The average Bonchev–Trinajstić information content (AvgIpc) is 2.95. The molecule has 0 aliphatic carbocycles. The molecule has 0 unspecified atom stereocenters. The van der Waals surface area contributed by atoms with E-state index in [9.17, 15) is 14.4 Å². The van der Waals surface area contributed by atoms with Crippen molar-refractivity contribution in [2.75, 3.05) is 0 Å². The molecule has 1 aromatic heterocycles. The molecular formula is C18H22N2Na2O6+2. The normalized spacial score (nSPS) is 9.18. The first-order valence-electron chi connectivity index (χ1n) is 7.90. The fraction of sp³-hybridized carbons (Fsp3) is 0.278. The van der Waals surface area contributed by atoms with Gasteiger partial charge >= 0.3 is 77.0 Å². The number of carboxylic acids is 3. The van der Waals surface area contributed by atoms with E-state index in [0.717, 1.165) is 5.56 Å². The van der Waals surface area contributed by atoms with Gasteiger partial charge in [-0.3, -0.25) is 14.4 Å². The molecule has 0 aliphatic heterocycles. The van der Waals surface area contributed by atoms with Crippen LogP contribution in [0.2, 0.25) is 0 Å². The molecular weight excluding hydrogens is 386 g/mol. The number of H-pyrrole nitrogens is 1. The van der Waals surface area contributed by atoms with E-state index < -0.39 is 17.9 Å². The summed E-state index contributed by atoms with van der Waals surface area (Å²) < 4.78 is 0. The number of carbonyl (C=O) groups is 3. The van der Waals surface area contributed by atoms with Gasteiger partial charge in [0.1, 0.15) is 0 Å². The van der Waals surface area contributed by atoms with Crippen molar-refractivity contribution in [1.82, 2.24) is 4.98 Å². The summed E-state index contributed by atoms with van der Waals surface area (Å²) >= 11 is 0. The van der Waals surface area contributed by atoms with Crippen LogP contribution in [0.15, 0.2) is 36.5 Å². The monoisotopic (exact) mass is 408 g/mol. The van der Waals surface area contributed by atoms with E-state index in [2.05, 4.69) is 4.98 Å². The van der Waals surface area contributed by atoms with Crippen LogP contribution in [0.4, 0.5) is 0 Å². The standard InChI is InChI=1S/C10H14N2O4.C8H8O2.2Na/c11-4-8-7(3-10(15)16)6(5-12-8)1-2-9(13)14;9-8(10)6-7-4-2-1-3-5-7;;/h5,12H,1-4,11H2,(H,13,14)(H,15,16);1-5H,6H2,(H,9,10);;/q;;2*+1. The summed E-state index contributed by atoms with van der Waals surface area (Å²) in [5.41, 5.74) is 8.27. The summed E-state index contributed by atoms with van der Waals surface area (Å²) in [5, 5.41) is 25.7. The zero-order valence-corrected chi connectivity index (χ0v) is 20.1. The van der Waals surface area contributed by atoms with Crippen molar-refractivity contribution < 1.29 is 88.8 Å². The Labute approximate surface area is 207 Å². The number of aromatic nitrogens is 1. The summed E-state index contributed by atoms with van der Waals surface area (Å²) in [7, 11) is 0. The predicted molar refractivity (Wildman–Crippen MR) is 93.8 cm³/mol. The molecule has 8 nitrogen and oxygen atoms in total. The molecule has 140 valence electrons. The molecule has 2 aromatic rings. The van der Waals surface area contributed by atoms with Crippen molar-refractivity contribution in [3.8, 4) is 0 Å². The Morgan fingerprint density at radius 2 is 1.46 bits per heavy atom. The van der Waals surface area contributed by atoms with Crippen LogP contribution >= 0.6 is 0 Å². The fourth-order valence-corrected chi connectivity index (χ4v) is 2.33. The SMILES string of the molecule is NCc1[nH]cc(CCC(=O)O)c1CC(=O)O.O=C(O)Cc1ccccc1.[Na+].[Na+]. The zero-order chi connectivity index (χ0) is 19.5. The van der Waals surface area contributed by atoms with E-state index in [0.29, 0.717) is 23.2 Å². The number of aryl methyl sites for hydroxylation is 1. The second kappa shape index (κ2) is 15.8. The van der Waals surface area contributed by atoms with Crippen LogP contribution in [0.5, 0.6) is 0 Å². The molecule has 0 bridgehead atoms. The van der Waals surface area contributed by atoms with Crippen molar-refractivity contribution in [1.29, 1.82) is 0 Å². The molecule has 0 radical (unpaired) electrons. The van der Waals surface area contributed by atoms with Gasteiger partial charge in [-0.25, -0.2) is 0 Å². The predicted octanol–water partition coefficient (Wildman–Crippen LogP) is -4.56. The van der Waals surface area contributed by atoms with Gasteiger partial charge in [0.15, 0.2) is 0 Å². The quantitative estimate of drug-likeness (QED) is 0.276. The van der Waals surface area contributed by atoms with Crippen molar-refractivity contribution in [2.45, 2.75) is 32.2 Å². The number of benzene rings is 1. The topological polar surface area (TPSA) is 154 Å². The smallest absolute Gasteiger partial charge is 0.481 e. The molecule has 6 N–H and O–H groups in total. The molecule has 2 rings (SSSR count). The molecule has 0 saturated heterocycles. The molecule has 0 saturated carbocycles. The number of hydrogen-bond donors (Lipinski definition) is 5. The minimum atomic E-state index is -0.953. The Hall–Kier alpha value is -1.13. The molecule has 0 fully saturated rings. The first-order valence-corrected chi connectivity index (χ1v) is 7.90. The number of nitrogens with one attached hydrogen (secondary N) is 1. The Morgan fingerprint density at radius 1 is 0.893 bits per heavy atom. The molecule has 0 aliphatic rings. The summed E-state index contributed by atoms with van der Waals surface area (Å²) in [4.78, 5) is 34.1. The summed E-state index contributed by atoms with van der Waals surface area (Å²) in [6.07, 6.45) is 1.90. The van der Waals surface area contributed by atoms with E-state index >= 15 is 0 Å². The summed E-state index contributed by atoms with van der Waals surface area (Å²) in [5.74, 6) is -2.64. The third kappa shape index (κ3) is 11.7. The van der Waals surface area contributed by atoms with Crippen LogP contribution in [0, 0.1) is 0 Å². The van der Waals surface area contributed by atoms with Crippen molar-refractivity contribution in [2.24, 2.45) is 5.73 Å². The number of rotatable bonds is 8. The van der Waals surface area contributed by atoms with E-state index in [-0.39, 0.29) is 84.9 Å². The second-order valence-electron chi connectivity index (χ2n) is 5.50. The van der Waals surface area contributed by atoms with Crippen LogP contribution in [-0.2, 0) is 40.2 Å². The van der Waals surface area contributed by atoms with Crippen LogP contribution in [0.3, 0.4) is 0 Å². The van der Waals surface area contributed by atoms with Crippen molar-refractivity contribution >= 4 is 17.9 Å². The summed E-state index contributed by atoms with van der Waals surface area (Å²) in [6.45, 7) is 0.218. The van der Waals surface area contributed by atoms with Gasteiger partial charge in [0.05, 0.1) is 12.8 Å². The van der Waals surface area contributed by atoms with Gasteiger partial charge in [-0.15, -0.1) is 0 Å². The summed E-state index contributed by atoms with van der Waals surface area (Å²) in [6, 6.07) is 9.13. The largest absolute Gasteiger partial charge is 1.00 e. The number of hydrogen-bond acceptors (Lipinski definition) is 4. The minimum absolute atomic E-state index is 0.